The van der Waals surface area contributed by atoms with Crippen molar-refractivity contribution in [2.24, 2.45) is 0 Å². The van der Waals surface area contributed by atoms with Crippen molar-refractivity contribution in [3.8, 4) is 0 Å². The molecular formula is C94H123FN14O4. The molecule has 0 radical (unpaired) electrons. The van der Waals surface area contributed by atoms with E-state index >= 15 is 0 Å². The molecular weight excluding hydrogens is 1410 g/mol. The Morgan fingerprint density at radius 1 is 0.274 bits per heavy atom. The fourth-order valence-corrected chi connectivity index (χ4v) is 17.6. The van der Waals surface area contributed by atoms with E-state index in [4.69, 9.17) is 1.37 Å². The Morgan fingerprint density at radius 3 is 0.593 bits per heavy atom. The van der Waals surface area contributed by atoms with E-state index in [1.165, 1.54) is 0 Å². The van der Waals surface area contributed by atoms with Crippen LogP contribution in [0.4, 0.5) is 4.39 Å². The van der Waals surface area contributed by atoms with Gasteiger partial charge in [0.15, 0.2) is 0 Å². The predicted molar refractivity (Wildman–Crippen MR) is 451 cm³/mol. The van der Waals surface area contributed by atoms with Gasteiger partial charge < -0.3 is 75.5 Å². The van der Waals surface area contributed by atoms with Gasteiger partial charge >= 0.3 is 5.97 Å². The number of hydrogen-bond acceptors (Lipinski definition) is 3. The maximum Gasteiger partial charge on any atom is 0.307 e. The minimum absolute atomic E-state index is 0.0294. The summed E-state index contributed by atoms with van der Waals surface area (Å²) in [7, 11) is -1.00. The Kier molecular flexibility index (Phi) is 19.5. The smallest absolute Gasteiger partial charge is 0.307 e. The number of aliphatic carboxylic acids is 1. The molecule has 0 fully saturated rings. The molecule has 0 aromatic carbocycles. The summed E-state index contributed by atoms with van der Waals surface area (Å²) in [4.78, 5) is 85.3. The molecule has 12 aromatic rings. The highest BCUT2D eigenvalue weighted by Crippen LogP contribution is 2.48. The molecule has 2 amide bonds. The molecule has 19 heteroatoms. The Hall–Kier alpha value is -10.3. The SMILES string of the molecule is CC1(C)c2ccc([nH]2)C(C)(C)c2ccc([nH]2)C(C)(C)c2[nH]c(cc2CC(=O)NCCCNC(=O)Cc2cc3[nH]c2C(C)(C)c2ccc([nH]2)C(C)(C)c2ccc([nH]2)C(C)(C)c2ccc([nH]2)C3(C)C)C(C)(C)c2ccc1[nH]2.CC1(C)c2ccc([nH]2)C(C)(C)c2ccc([nH]2)C(C)(C)c2[nH]c(cc2CC(=O)O)C(C)(C)c2ccc1[nH]2.[2H]CF. The number of rotatable bonds is 10. The van der Waals surface area contributed by atoms with Crippen molar-refractivity contribution >= 4 is 17.8 Å². The molecule has 0 saturated carbocycles. The lowest BCUT2D eigenvalue weighted by Gasteiger charge is -2.28. The van der Waals surface area contributed by atoms with E-state index in [0.717, 1.165) is 153 Å². The number of H-pyrrole nitrogens is 12. The van der Waals surface area contributed by atoms with Crippen molar-refractivity contribution in [3.05, 3.63) is 281 Å². The average Bonchev–Trinajstić information content (AvgIpc) is 1.60. The minimum atomic E-state index is -1.00. The van der Waals surface area contributed by atoms with Gasteiger partial charge in [0.1, 0.15) is 0 Å². The number of carbonyl (C=O) groups excluding carboxylic acids is 2. The Balaban J connectivity index is 0.000000242. The standard InChI is InChI=1S/C63H82N10O2.C30H38N4O2.CH3F/c1-56(2)38-18-20-40(66-38)58(5,6)44-26-28-48(70-44)62(13,14)54-36(32-50(72-54)60(9,10)46-24-22-42(56)68-46)34-52(74)64-30-17-31-65-53(75)35-37-33-51-61(11,12)47-25-23-43(69-47)57(3,4)39-19-21-41(67-39)59(7,8)45-27-29-49(71-45)63(15,16)55(37)73-51;1-27(2)18-9-10-19(31-18)28(3,4)21-13-14-23(33-21)30(7,8)26-17(16-25(35)36)15-24(34-26)29(5,6)22-12-11-20(27)32-22;1-2/h18-29,32-33,66-73H,17,30-31,34-35H2,1-16H3,(H,64,74)(H,65,75);9-15,31-34H,16H2,1-8H3,(H,35,36);1H3/i;;1D. The van der Waals surface area contributed by atoms with Crippen LogP contribution in [0.25, 0.3) is 0 Å². The summed E-state index contributed by atoms with van der Waals surface area (Å²) in [5.41, 5.74) is 24.4. The van der Waals surface area contributed by atoms with Crippen LogP contribution in [0.3, 0.4) is 0 Å². The number of hydrogen-bond donors (Lipinski definition) is 15. The lowest BCUT2D eigenvalue weighted by Crippen LogP contribution is -2.32. The average molecular weight is 1530 g/mol. The highest BCUT2D eigenvalue weighted by atomic mass is 19.1. The number of carboxylic acid groups (broad SMARTS) is 1. The first-order valence-electron chi connectivity index (χ1n) is 40.8. The fourth-order valence-electron chi connectivity index (χ4n) is 17.6. The van der Waals surface area contributed by atoms with Gasteiger partial charge in [0.05, 0.1) is 27.8 Å². The van der Waals surface area contributed by atoms with E-state index in [1.807, 2.05) is 6.07 Å². The zero-order valence-corrected chi connectivity index (χ0v) is 71.1. The minimum Gasteiger partial charge on any atom is -0.481 e. The maximum atomic E-state index is 14.0. The summed E-state index contributed by atoms with van der Waals surface area (Å²) in [6.07, 6.45) is 0.986. The highest BCUT2D eigenvalue weighted by Gasteiger charge is 2.44. The third kappa shape index (κ3) is 13.8. The molecule has 15 N–H and O–H groups in total. The lowest BCUT2D eigenvalue weighted by atomic mass is 9.83. The highest BCUT2D eigenvalue weighted by molar-refractivity contribution is 5.80. The number of carbonyl (C=O) groups is 3. The summed E-state index contributed by atoms with van der Waals surface area (Å²) in [6.45, 7) is 54.3. The first-order valence-corrected chi connectivity index (χ1v) is 40.1. The lowest BCUT2D eigenvalue weighted by molar-refractivity contribution is -0.136. The molecule has 15 rings (SSSR count). The van der Waals surface area contributed by atoms with Gasteiger partial charge in [-0.25, -0.2) is 0 Å². The topological polar surface area (TPSA) is 285 Å². The largest absolute Gasteiger partial charge is 0.481 e. The monoisotopic (exact) mass is 1530 g/mol. The normalized spacial score (nSPS) is 19.0. The first-order chi connectivity index (χ1) is 53.0. The molecule has 0 aliphatic carbocycles. The van der Waals surface area contributed by atoms with Crippen LogP contribution in [-0.4, -0.2) is 103 Å². The Morgan fingerprint density at radius 2 is 0.425 bits per heavy atom. The molecule has 24 bridgehead atoms. The van der Waals surface area contributed by atoms with Crippen molar-refractivity contribution in [1.82, 2.24) is 70.4 Å². The van der Waals surface area contributed by atoms with Crippen LogP contribution >= 0.6 is 0 Å². The van der Waals surface area contributed by atoms with Crippen molar-refractivity contribution in [2.45, 2.75) is 257 Å². The van der Waals surface area contributed by atoms with Gasteiger partial charge in [-0.05, 0) is 317 Å². The van der Waals surface area contributed by atoms with Gasteiger partial charge in [0, 0.05) is 215 Å². The predicted octanol–water partition coefficient (Wildman–Crippen LogP) is 18.8. The molecule has 0 unspecified atom stereocenters. The zero-order chi connectivity index (χ0) is 83.0. The molecule has 0 atom stereocenters. The van der Waals surface area contributed by atoms with Crippen LogP contribution in [0.1, 0.15) is 327 Å². The summed E-state index contributed by atoms with van der Waals surface area (Å²) in [5, 5.41) is 16.1. The van der Waals surface area contributed by atoms with E-state index in [0.29, 0.717) is 19.5 Å². The number of aromatic nitrogens is 12. The Bertz CT molecular complexity index is 5310. The fraction of sp³-hybridized carbons (Fsp3) is 0.457. The van der Waals surface area contributed by atoms with Crippen molar-refractivity contribution in [1.29, 1.82) is 0 Å². The van der Waals surface area contributed by atoms with Gasteiger partial charge in [0.25, 0.3) is 0 Å². The van der Waals surface area contributed by atoms with Crippen LogP contribution in [0.2, 0.25) is 0 Å². The van der Waals surface area contributed by atoms with Gasteiger partial charge in [-0.2, -0.15) is 0 Å². The Labute approximate surface area is 667 Å². The third-order valence-corrected chi connectivity index (χ3v) is 26.9. The second-order valence-electron chi connectivity index (χ2n) is 38.8. The van der Waals surface area contributed by atoms with E-state index < -0.39 is 40.2 Å². The second-order valence-corrected chi connectivity index (χ2v) is 38.8. The van der Waals surface area contributed by atoms with Crippen LogP contribution < -0.4 is 10.6 Å². The number of aromatic amines is 12. The van der Waals surface area contributed by atoms with Crippen LogP contribution in [-0.2, 0) is 98.6 Å². The van der Waals surface area contributed by atoms with E-state index in [2.05, 4.69) is 358 Å². The number of alkyl halides is 1. The maximum absolute atomic E-state index is 14.0. The quantitative estimate of drug-likeness (QED) is 0.0595. The van der Waals surface area contributed by atoms with Gasteiger partial charge in [-0.1, -0.05) is 0 Å². The zero-order valence-electron chi connectivity index (χ0n) is 72.1. The molecule has 12 aromatic heterocycles. The molecule has 3 aliphatic rings. The second kappa shape index (κ2) is 27.8. The molecule has 113 heavy (non-hydrogen) atoms. The molecule has 3 aliphatic heterocycles. The van der Waals surface area contributed by atoms with E-state index in [-0.39, 0.29) is 69.0 Å². The molecule has 18 nitrogen and oxygen atoms in total. The van der Waals surface area contributed by atoms with Gasteiger partial charge in [-0.3, -0.25) is 18.8 Å². The molecule has 15 heterocycles. The molecule has 0 spiro atoms. The summed E-state index contributed by atoms with van der Waals surface area (Å²) in [5.74, 6) is -0.954. The molecule has 0 saturated heterocycles. The number of fused-ring (bicyclic) bond motifs is 24. The van der Waals surface area contributed by atoms with Crippen molar-refractivity contribution < 1.29 is 25.3 Å². The van der Waals surface area contributed by atoms with E-state index in [1.54, 1.807) is 0 Å². The van der Waals surface area contributed by atoms with Crippen LogP contribution in [0.5, 0.6) is 0 Å². The summed E-state index contributed by atoms with van der Waals surface area (Å²) >= 11 is 0. The van der Waals surface area contributed by atoms with Crippen molar-refractivity contribution in [2.75, 3.05) is 20.2 Å². The van der Waals surface area contributed by atoms with Crippen LogP contribution in [0.15, 0.2) is 127 Å². The number of halogens is 1. The molecule has 600 valence electrons. The van der Waals surface area contributed by atoms with Gasteiger partial charge in [0.2, 0.25) is 11.8 Å². The van der Waals surface area contributed by atoms with E-state index in [9.17, 15) is 23.9 Å². The van der Waals surface area contributed by atoms with Gasteiger partial charge in [-0.15, -0.1) is 0 Å². The summed E-state index contributed by atoms with van der Waals surface area (Å²) in [6, 6.07) is 45.9. The number of amides is 2. The summed E-state index contributed by atoms with van der Waals surface area (Å²) < 4.78 is 15.5. The van der Waals surface area contributed by atoms with Crippen molar-refractivity contribution in [3.63, 3.8) is 0 Å². The number of nitrogens with one attached hydrogen (secondary N) is 14. The number of carboxylic acids is 1. The van der Waals surface area contributed by atoms with Crippen LogP contribution in [0, 0.1) is 0 Å². The third-order valence-electron chi connectivity index (χ3n) is 26.9. The first kappa shape index (κ1) is 79.3.